The topological polar surface area (TPSA) is 0 Å². The van der Waals surface area contributed by atoms with E-state index in [4.69, 9.17) is 0 Å². The average Bonchev–Trinajstić information content (AvgIpc) is 2.19. The highest BCUT2D eigenvalue weighted by atomic mass is 14.2. The van der Waals surface area contributed by atoms with Crippen LogP contribution < -0.4 is 5.46 Å². The summed E-state index contributed by atoms with van der Waals surface area (Å²) in [6, 6.07) is 9.05. The summed E-state index contributed by atoms with van der Waals surface area (Å²) in [5.41, 5.74) is 3.34. The van der Waals surface area contributed by atoms with Gasteiger partial charge in [-0.05, 0) is 17.4 Å². The van der Waals surface area contributed by atoms with Gasteiger partial charge in [0.1, 0.15) is 0 Å². The molecular formula is C13H21B. The molecule has 0 unspecified atom stereocenters. The molecule has 0 atom stereocenters. The summed E-state index contributed by atoms with van der Waals surface area (Å²) in [6.07, 6.45) is 2.43. The van der Waals surface area contributed by atoms with E-state index in [0.717, 1.165) is 7.28 Å². The van der Waals surface area contributed by atoms with Gasteiger partial charge in [-0.3, -0.25) is 0 Å². The van der Waals surface area contributed by atoms with Crippen LogP contribution in [0.5, 0.6) is 0 Å². The zero-order valence-corrected chi connectivity index (χ0v) is 9.93. The Hall–Kier alpha value is -0.715. The number of rotatable bonds is 4. The van der Waals surface area contributed by atoms with Crippen molar-refractivity contribution in [2.75, 3.05) is 0 Å². The van der Waals surface area contributed by atoms with Crippen molar-refractivity contribution >= 4 is 12.7 Å². The summed E-state index contributed by atoms with van der Waals surface area (Å²) in [5.74, 6) is 0. The van der Waals surface area contributed by atoms with Gasteiger partial charge in [0, 0.05) is 0 Å². The molecule has 0 radical (unpaired) electrons. The maximum atomic E-state index is 2.33. The van der Waals surface area contributed by atoms with Crippen molar-refractivity contribution in [3.05, 3.63) is 29.8 Å². The Kier molecular flexibility index (Phi) is 3.80. The maximum Gasteiger partial charge on any atom is 0.154 e. The SMILES string of the molecule is CBc1ccc(CC(C)(C)CC)cc1. The second-order valence-corrected chi connectivity index (χ2v) is 4.86. The molecule has 1 aromatic carbocycles. The highest BCUT2D eigenvalue weighted by molar-refractivity contribution is 6.51. The van der Waals surface area contributed by atoms with Crippen LogP contribution in [-0.2, 0) is 6.42 Å². The van der Waals surface area contributed by atoms with Crippen LogP contribution in [0.4, 0.5) is 0 Å². The van der Waals surface area contributed by atoms with Gasteiger partial charge >= 0.3 is 0 Å². The summed E-state index contributed by atoms with van der Waals surface area (Å²) >= 11 is 0. The minimum atomic E-state index is 0.438. The van der Waals surface area contributed by atoms with Crippen LogP contribution >= 0.6 is 0 Å². The van der Waals surface area contributed by atoms with Crippen molar-refractivity contribution in [2.45, 2.75) is 40.4 Å². The van der Waals surface area contributed by atoms with Crippen molar-refractivity contribution in [2.24, 2.45) is 5.41 Å². The Morgan fingerprint density at radius 2 is 1.71 bits per heavy atom. The lowest BCUT2D eigenvalue weighted by Gasteiger charge is -2.22. The Bertz CT molecular complexity index is 272. The third-order valence-electron chi connectivity index (χ3n) is 3.07. The minimum absolute atomic E-state index is 0.438. The first-order valence-corrected chi connectivity index (χ1v) is 5.65. The second-order valence-electron chi connectivity index (χ2n) is 4.86. The van der Waals surface area contributed by atoms with Gasteiger partial charge in [0.05, 0.1) is 0 Å². The van der Waals surface area contributed by atoms with Crippen LogP contribution in [-0.4, -0.2) is 7.28 Å². The van der Waals surface area contributed by atoms with E-state index in [1.807, 2.05) is 0 Å². The minimum Gasteiger partial charge on any atom is -0.0849 e. The number of benzene rings is 1. The Morgan fingerprint density at radius 1 is 1.14 bits per heavy atom. The molecule has 0 amide bonds. The van der Waals surface area contributed by atoms with Crippen molar-refractivity contribution in [3.8, 4) is 0 Å². The largest absolute Gasteiger partial charge is 0.154 e. The quantitative estimate of drug-likeness (QED) is 0.637. The average molecular weight is 188 g/mol. The van der Waals surface area contributed by atoms with E-state index >= 15 is 0 Å². The molecule has 0 spiro atoms. The fourth-order valence-corrected chi connectivity index (χ4v) is 1.57. The smallest absolute Gasteiger partial charge is 0.0849 e. The van der Waals surface area contributed by atoms with Crippen molar-refractivity contribution in [1.29, 1.82) is 0 Å². The highest BCUT2D eigenvalue weighted by Gasteiger charge is 2.15. The number of hydrogen-bond acceptors (Lipinski definition) is 0. The maximum absolute atomic E-state index is 2.33. The molecule has 0 N–H and O–H groups in total. The summed E-state index contributed by atoms with van der Waals surface area (Å²) < 4.78 is 0. The first-order valence-electron chi connectivity index (χ1n) is 5.65. The highest BCUT2D eigenvalue weighted by Crippen LogP contribution is 2.24. The zero-order valence-electron chi connectivity index (χ0n) is 9.93. The van der Waals surface area contributed by atoms with Crippen molar-refractivity contribution in [3.63, 3.8) is 0 Å². The first-order chi connectivity index (χ1) is 6.57. The number of hydrogen-bond donors (Lipinski definition) is 0. The van der Waals surface area contributed by atoms with Gasteiger partial charge in [0.25, 0.3) is 0 Å². The summed E-state index contributed by atoms with van der Waals surface area (Å²) in [7, 11) is 1.14. The van der Waals surface area contributed by atoms with Crippen molar-refractivity contribution in [1.82, 2.24) is 0 Å². The molecule has 0 heterocycles. The van der Waals surface area contributed by atoms with E-state index in [1.54, 1.807) is 0 Å². The Labute approximate surface area is 89.0 Å². The summed E-state index contributed by atoms with van der Waals surface area (Å²) in [6.45, 7) is 9.13. The van der Waals surface area contributed by atoms with Gasteiger partial charge in [-0.15, -0.1) is 0 Å². The normalized spacial score (nSPS) is 11.4. The molecule has 0 bridgehead atoms. The predicted octanol–water partition coefficient (Wildman–Crippen LogP) is 2.78. The summed E-state index contributed by atoms with van der Waals surface area (Å²) in [5, 5.41) is 0. The van der Waals surface area contributed by atoms with Crippen LogP contribution in [0.15, 0.2) is 24.3 Å². The van der Waals surface area contributed by atoms with Gasteiger partial charge in [-0.25, -0.2) is 0 Å². The molecule has 1 rings (SSSR count). The van der Waals surface area contributed by atoms with Gasteiger partial charge < -0.3 is 0 Å². The molecule has 0 aromatic heterocycles. The molecule has 0 saturated heterocycles. The Balaban J connectivity index is 2.69. The van der Waals surface area contributed by atoms with E-state index in [-0.39, 0.29) is 0 Å². The van der Waals surface area contributed by atoms with Gasteiger partial charge in [-0.1, -0.05) is 63.7 Å². The molecule has 0 aliphatic carbocycles. The predicted molar refractivity (Wildman–Crippen MR) is 66.9 cm³/mol. The van der Waals surface area contributed by atoms with Crippen molar-refractivity contribution < 1.29 is 0 Å². The molecule has 0 fully saturated rings. The van der Waals surface area contributed by atoms with E-state index in [0.29, 0.717) is 5.41 Å². The lowest BCUT2D eigenvalue weighted by Crippen LogP contribution is -2.15. The molecule has 76 valence electrons. The first kappa shape index (κ1) is 11.4. The third-order valence-corrected chi connectivity index (χ3v) is 3.07. The van der Waals surface area contributed by atoms with Gasteiger partial charge in [0.2, 0.25) is 0 Å². The molecule has 0 nitrogen and oxygen atoms in total. The summed E-state index contributed by atoms with van der Waals surface area (Å²) in [4.78, 5) is 0. The van der Waals surface area contributed by atoms with E-state index < -0.39 is 0 Å². The molecule has 0 aliphatic heterocycles. The second kappa shape index (κ2) is 4.68. The van der Waals surface area contributed by atoms with Crippen LogP contribution in [0.25, 0.3) is 0 Å². The van der Waals surface area contributed by atoms with Crippen LogP contribution in [0.1, 0.15) is 32.8 Å². The molecular weight excluding hydrogens is 167 g/mol. The molecule has 1 aromatic rings. The third kappa shape index (κ3) is 3.21. The fourth-order valence-electron chi connectivity index (χ4n) is 1.57. The molecule has 1 heteroatoms. The molecule has 0 aliphatic rings. The van der Waals surface area contributed by atoms with Crippen LogP contribution in [0.3, 0.4) is 0 Å². The fraction of sp³-hybridized carbons (Fsp3) is 0.538. The van der Waals surface area contributed by atoms with Gasteiger partial charge in [0.15, 0.2) is 7.28 Å². The standard InChI is InChI=1S/C13H21B/c1-5-13(2,3)10-11-6-8-12(14-4)9-7-11/h6-9,14H,5,10H2,1-4H3. The van der Waals surface area contributed by atoms with Crippen LogP contribution in [0, 0.1) is 5.41 Å². The lowest BCUT2D eigenvalue weighted by molar-refractivity contribution is 0.349. The van der Waals surface area contributed by atoms with E-state index in [1.165, 1.54) is 23.9 Å². The molecule has 0 saturated carbocycles. The van der Waals surface area contributed by atoms with Gasteiger partial charge in [-0.2, -0.15) is 0 Å². The Morgan fingerprint density at radius 3 is 2.14 bits per heavy atom. The van der Waals surface area contributed by atoms with E-state index in [9.17, 15) is 0 Å². The lowest BCUT2D eigenvalue weighted by atomic mass is 9.73. The monoisotopic (exact) mass is 188 g/mol. The zero-order chi connectivity index (χ0) is 10.6. The molecule has 14 heavy (non-hydrogen) atoms. The van der Waals surface area contributed by atoms with Crippen LogP contribution in [0.2, 0.25) is 6.82 Å². The van der Waals surface area contributed by atoms with E-state index in [2.05, 4.69) is 51.9 Å².